The van der Waals surface area contributed by atoms with Crippen LogP contribution in [0.25, 0.3) is 0 Å². The fourth-order valence-corrected chi connectivity index (χ4v) is 5.92. The third kappa shape index (κ3) is 5.08. The van der Waals surface area contributed by atoms with Crippen molar-refractivity contribution in [2.75, 3.05) is 34.5 Å². The van der Waals surface area contributed by atoms with Gasteiger partial charge in [-0.2, -0.15) is 0 Å². The lowest BCUT2D eigenvalue weighted by Crippen LogP contribution is -2.49. The van der Waals surface area contributed by atoms with Gasteiger partial charge in [0, 0.05) is 28.8 Å². The summed E-state index contributed by atoms with van der Waals surface area (Å²) in [6.07, 6.45) is 0.288. The number of ether oxygens (including phenoxy) is 5. The maximum absolute atomic E-state index is 14.6. The Labute approximate surface area is 234 Å². The average Bonchev–Trinajstić information content (AvgIpc) is 2.95. The largest absolute Gasteiger partial charge is 0.496 e. The minimum Gasteiger partial charge on any atom is -0.496 e. The lowest BCUT2D eigenvalue weighted by atomic mass is 9.62. The van der Waals surface area contributed by atoms with Crippen molar-refractivity contribution in [3.05, 3.63) is 64.9 Å². The van der Waals surface area contributed by atoms with Crippen LogP contribution in [0.15, 0.2) is 58.7 Å². The maximum Gasteiger partial charge on any atom is 0.336 e. The summed E-state index contributed by atoms with van der Waals surface area (Å²) in [5.74, 6) is -3.64. The van der Waals surface area contributed by atoms with E-state index in [1.165, 1.54) is 14.2 Å². The number of benzene rings is 2. The number of nitrogens with zero attached hydrogens (tertiary/aromatic N) is 1. The molecule has 1 aliphatic heterocycles. The predicted molar refractivity (Wildman–Crippen MR) is 148 cm³/mol. The lowest BCUT2D eigenvalue weighted by Gasteiger charge is -2.41. The highest BCUT2D eigenvalue weighted by Gasteiger charge is 2.54. The Kier molecular flexibility index (Phi) is 8.92. The third-order valence-corrected chi connectivity index (χ3v) is 7.49. The monoisotopic (exact) mass is 549 g/mol. The molecular formula is C31H35NO8. The predicted octanol–water partition coefficient (Wildman–Crippen LogP) is 4.64. The molecule has 1 saturated carbocycles. The molecule has 40 heavy (non-hydrogen) atoms. The Morgan fingerprint density at radius 1 is 0.850 bits per heavy atom. The van der Waals surface area contributed by atoms with Gasteiger partial charge in [0.1, 0.15) is 11.7 Å². The molecule has 0 saturated heterocycles. The smallest absolute Gasteiger partial charge is 0.336 e. The molecule has 0 aromatic heterocycles. The van der Waals surface area contributed by atoms with Gasteiger partial charge in [0.25, 0.3) is 0 Å². The van der Waals surface area contributed by atoms with Crippen molar-refractivity contribution in [2.24, 2.45) is 16.8 Å². The van der Waals surface area contributed by atoms with E-state index in [4.69, 9.17) is 28.7 Å². The van der Waals surface area contributed by atoms with E-state index in [2.05, 4.69) is 0 Å². The number of fused-ring (bicyclic) bond motifs is 1. The number of para-hydroxylation sites is 2. The molecule has 2 aliphatic rings. The first kappa shape index (κ1) is 28.9. The number of esters is 2. The molecule has 1 aliphatic carbocycles. The molecule has 0 bridgehead atoms. The van der Waals surface area contributed by atoms with Crippen molar-refractivity contribution < 1.29 is 38.1 Å². The number of aliphatic imine (C=N–C) groups is 1. The standard InChI is InChI=1S/C31H35NO8/c1-7-39-30(34)24-17(3)32-21-16-20(18-12-9-10-14-22(18)36-4)26(31(35)40-8-2)28(33)27(21)25(24)19-13-11-15-23(37-5)29(19)38-6/h9-15,20,25-27H,7-8,16H2,1-6H3. The number of rotatable bonds is 9. The summed E-state index contributed by atoms with van der Waals surface area (Å²) in [4.78, 5) is 46.2. The number of hydrogen-bond donors (Lipinski definition) is 0. The summed E-state index contributed by atoms with van der Waals surface area (Å²) in [6.45, 7) is 5.41. The Bertz CT molecular complexity index is 1360. The zero-order valence-electron chi connectivity index (χ0n) is 23.7. The van der Waals surface area contributed by atoms with E-state index in [1.807, 2.05) is 18.2 Å². The van der Waals surface area contributed by atoms with Crippen molar-refractivity contribution in [1.29, 1.82) is 0 Å². The Morgan fingerprint density at radius 2 is 1.50 bits per heavy atom. The molecule has 212 valence electrons. The molecule has 9 heteroatoms. The van der Waals surface area contributed by atoms with Crippen LogP contribution in [0.1, 0.15) is 50.2 Å². The van der Waals surface area contributed by atoms with Gasteiger partial charge in [0.2, 0.25) is 0 Å². The van der Waals surface area contributed by atoms with Gasteiger partial charge in [-0.25, -0.2) is 4.79 Å². The topological polar surface area (TPSA) is 110 Å². The van der Waals surface area contributed by atoms with E-state index < -0.39 is 35.6 Å². The summed E-state index contributed by atoms with van der Waals surface area (Å²) in [6, 6.07) is 12.6. The Hall–Kier alpha value is -4.14. The van der Waals surface area contributed by atoms with E-state index in [1.54, 1.807) is 52.1 Å². The molecule has 2 aromatic rings. The summed E-state index contributed by atoms with van der Waals surface area (Å²) in [5, 5.41) is 0. The minimum atomic E-state index is -1.14. The van der Waals surface area contributed by atoms with Crippen molar-refractivity contribution in [3.63, 3.8) is 0 Å². The van der Waals surface area contributed by atoms with Gasteiger partial charge in [-0.15, -0.1) is 0 Å². The van der Waals surface area contributed by atoms with Crippen LogP contribution in [0.5, 0.6) is 17.2 Å². The van der Waals surface area contributed by atoms with Crippen LogP contribution in [0.4, 0.5) is 0 Å². The van der Waals surface area contributed by atoms with Crippen molar-refractivity contribution >= 4 is 23.4 Å². The zero-order valence-corrected chi connectivity index (χ0v) is 23.7. The van der Waals surface area contributed by atoms with Gasteiger partial charge in [-0.1, -0.05) is 30.3 Å². The van der Waals surface area contributed by atoms with Gasteiger partial charge in [-0.05, 0) is 44.9 Å². The first-order valence-electron chi connectivity index (χ1n) is 13.3. The molecule has 0 radical (unpaired) electrons. The molecule has 1 fully saturated rings. The van der Waals surface area contributed by atoms with Crippen molar-refractivity contribution in [2.45, 2.75) is 39.0 Å². The fourth-order valence-electron chi connectivity index (χ4n) is 5.92. The average molecular weight is 550 g/mol. The third-order valence-electron chi connectivity index (χ3n) is 7.49. The van der Waals surface area contributed by atoms with E-state index in [0.29, 0.717) is 39.8 Å². The molecule has 4 rings (SSSR count). The fraction of sp³-hybridized carbons (Fsp3) is 0.419. The van der Waals surface area contributed by atoms with E-state index in [-0.39, 0.29) is 31.0 Å². The first-order chi connectivity index (χ1) is 19.3. The van der Waals surface area contributed by atoms with Gasteiger partial charge in [0.05, 0.1) is 46.0 Å². The van der Waals surface area contributed by atoms with Gasteiger partial charge < -0.3 is 23.7 Å². The van der Waals surface area contributed by atoms with Gasteiger partial charge in [-0.3, -0.25) is 14.6 Å². The summed E-state index contributed by atoms with van der Waals surface area (Å²) >= 11 is 0. The van der Waals surface area contributed by atoms with Gasteiger partial charge >= 0.3 is 11.9 Å². The molecule has 0 amide bonds. The number of carbonyl (C=O) groups excluding carboxylic acids is 3. The summed E-state index contributed by atoms with van der Waals surface area (Å²) in [5.41, 5.74) is 2.54. The molecular weight excluding hydrogens is 514 g/mol. The highest BCUT2D eigenvalue weighted by Crippen LogP contribution is 2.52. The maximum atomic E-state index is 14.6. The number of carbonyl (C=O) groups is 3. The molecule has 1 heterocycles. The van der Waals surface area contributed by atoms with Gasteiger partial charge in [0.15, 0.2) is 17.3 Å². The highest BCUT2D eigenvalue weighted by molar-refractivity contribution is 6.18. The number of allylic oxidation sites excluding steroid dienone is 1. The molecule has 9 nitrogen and oxygen atoms in total. The van der Waals surface area contributed by atoms with Crippen LogP contribution in [-0.4, -0.2) is 58.0 Å². The van der Waals surface area contributed by atoms with E-state index in [9.17, 15) is 14.4 Å². The first-order valence-corrected chi connectivity index (χ1v) is 13.3. The summed E-state index contributed by atoms with van der Waals surface area (Å²) in [7, 11) is 4.57. The second-order valence-corrected chi connectivity index (χ2v) is 9.55. The zero-order chi connectivity index (χ0) is 29.0. The van der Waals surface area contributed by atoms with Crippen molar-refractivity contribution in [1.82, 2.24) is 0 Å². The Balaban J connectivity index is 1.97. The van der Waals surface area contributed by atoms with Crippen LogP contribution in [0.2, 0.25) is 0 Å². The molecule has 4 atom stereocenters. The van der Waals surface area contributed by atoms with Crippen LogP contribution in [0.3, 0.4) is 0 Å². The number of Topliss-reactive ketones (excluding diaryl/α,β-unsaturated/α-hetero) is 1. The van der Waals surface area contributed by atoms with E-state index >= 15 is 0 Å². The Morgan fingerprint density at radius 3 is 2.15 bits per heavy atom. The highest BCUT2D eigenvalue weighted by atomic mass is 16.5. The molecule has 4 unspecified atom stereocenters. The molecule has 0 N–H and O–H groups in total. The van der Waals surface area contributed by atoms with Crippen LogP contribution in [0, 0.1) is 11.8 Å². The number of hydrogen-bond acceptors (Lipinski definition) is 9. The molecule has 0 spiro atoms. The lowest BCUT2D eigenvalue weighted by molar-refractivity contribution is -0.153. The second kappa shape index (κ2) is 12.4. The number of ketones is 1. The second-order valence-electron chi connectivity index (χ2n) is 9.55. The quantitative estimate of drug-likeness (QED) is 0.329. The molecule has 2 aromatic carbocycles. The van der Waals surface area contributed by atoms with Crippen LogP contribution >= 0.6 is 0 Å². The van der Waals surface area contributed by atoms with Crippen molar-refractivity contribution in [3.8, 4) is 17.2 Å². The number of methoxy groups -OCH3 is 3. The van der Waals surface area contributed by atoms with E-state index in [0.717, 1.165) is 0 Å². The summed E-state index contributed by atoms with van der Waals surface area (Å²) < 4.78 is 27.7. The minimum absolute atomic E-state index is 0.118. The normalized spacial score (nSPS) is 22.1. The SMILES string of the molecule is CCOC(=O)C1=C(C)N=C2CC(c3ccccc3OC)C(C(=O)OCC)C(=O)C2C1c1cccc(OC)c1OC. The van der Waals surface area contributed by atoms with Crippen LogP contribution in [-0.2, 0) is 23.9 Å². The van der Waals surface area contributed by atoms with Crippen LogP contribution < -0.4 is 14.2 Å².